The highest BCUT2D eigenvalue weighted by Crippen LogP contribution is 2.40. The predicted octanol–water partition coefficient (Wildman–Crippen LogP) is 3.07. The number of hydrogen-bond acceptors (Lipinski definition) is 4. The summed E-state index contributed by atoms with van der Waals surface area (Å²) in [5.74, 6) is 2.68. The molecule has 2 unspecified atom stereocenters. The number of aliphatic hydroxyl groups excluding tert-OH is 1. The zero-order valence-corrected chi connectivity index (χ0v) is 13.7. The van der Waals surface area contributed by atoms with Gasteiger partial charge < -0.3 is 19.9 Å². The van der Waals surface area contributed by atoms with Gasteiger partial charge in [0.15, 0.2) is 11.5 Å². The maximum absolute atomic E-state index is 9.46. The van der Waals surface area contributed by atoms with E-state index in [0.717, 1.165) is 29.1 Å². The molecule has 1 aromatic rings. The van der Waals surface area contributed by atoms with E-state index in [1.165, 1.54) is 31.2 Å². The van der Waals surface area contributed by atoms with Crippen molar-refractivity contribution >= 4 is 15.9 Å². The predicted molar refractivity (Wildman–Crippen MR) is 84.5 cm³/mol. The molecule has 2 N–H and O–H groups in total. The minimum absolute atomic E-state index is 0.297. The van der Waals surface area contributed by atoms with E-state index in [9.17, 15) is 5.11 Å². The van der Waals surface area contributed by atoms with E-state index in [1.807, 2.05) is 6.07 Å². The first-order chi connectivity index (χ1) is 10.3. The number of benzene rings is 1. The summed E-state index contributed by atoms with van der Waals surface area (Å²) in [5, 5.41) is 13.0. The maximum Gasteiger partial charge on any atom is 0.231 e. The van der Waals surface area contributed by atoms with Crippen molar-refractivity contribution in [3.63, 3.8) is 0 Å². The van der Waals surface area contributed by atoms with Gasteiger partial charge in [0, 0.05) is 13.2 Å². The van der Waals surface area contributed by atoms with Crippen LogP contribution in [-0.4, -0.2) is 25.1 Å². The molecule has 1 aromatic carbocycles. The van der Waals surface area contributed by atoms with Crippen LogP contribution in [0.2, 0.25) is 0 Å². The average molecular weight is 356 g/mol. The summed E-state index contributed by atoms with van der Waals surface area (Å²) < 4.78 is 11.8. The van der Waals surface area contributed by atoms with Crippen LogP contribution >= 0.6 is 15.9 Å². The Morgan fingerprint density at radius 2 is 2.00 bits per heavy atom. The van der Waals surface area contributed by atoms with Gasteiger partial charge in [-0.15, -0.1) is 0 Å². The summed E-state index contributed by atoms with van der Waals surface area (Å²) in [6.07, 6.45) is 4.94. The van der Waals surface area contributed by atoms with Crippen molar-refractivity contribution in [3.8, 4) is 11.5 Å². The molecule has 3 rings (SSSR count). The van der Waals surface area contributed by atoms with Crippen molar-refractivity contribution in [2.24, 2.45) is 11.8 Å². The standard InChI is InChI=1S/C16H22BrNO3/c17-14-5-11(6-15-16(14)21-10-20-15)7-18-8-12-3-1-2-4-13(12)9-19/h5-6,12-13,18-19H,1-4,7-10H2. The number of fused-ring (bicyclic) bond motifs is 1. The summed E-state index contributed by atoms with van der Waals surface area (Å²) in [5.41, 5.74) is 1.18. The molecule has 1 aliphatic heterocycles. The number of halogens is 1. The van der Waals surface area contributed by atoms with Crippen molar-refractivity contribution in [2.75, 3.05) is 19.9 Å². The number of rotatable bonds is 5. The van der Waals surface area contributed by atoms with Crippen LogP contribution in [0.25, 0.3) is 0 Å². The largest absolute Gasteiger partial charge is 0.454 e. The van der Waals surface area contributed by atoms with Crippen LogP contribution < -0.4 is 14.8 Å². The molecule has 116 valence electrons. The van der Waals surface area contributed by atoms with Gasteiger partial charge in [-0.05, 0) is 64.8 Å². The minimum Gasteiger partial charge on any atom is -0.454 e. The van der Waals surface area contributed by atoms with Crippen molar-refractivity contribution in [3.05, 3.63) is 22.2 Å². The van der Waals surface area contributed by atoms with Crippen LogP contribution in [0.15, 0.2) is 16.6 Å². The van der Waals surface area contributed by atoms with Crippen LogP contribution in [0.5, 0.6) is 11.5 Å². The molecule has 5 heteroatoms. The molecule has 0 aromatic heterocycles. The van der Waals surface area contributed by atoms with E-state index < -0.39 is 0 Å². The Morgan fingerprint density at radius 3 is 2.81 bits per heavy atom. The van der Waals surface area contributed by atoms with E-state index in [-0.39, 0.29) is 0 Å². The lowest BCUT2D eigenvalue weighted by molar-refractivity contribution is 0.133. The molecule has 0 amide bonds. The second kappa shape index (κ2) is 6.99. The van der Waals surface area contributed by atoms with Gasteiger partial charge in [-0.2, -0.15) is 0 Å². The third-order valence-corrected chi connectivity index (χ3v) is 5.11. The molecule has 0 bridgehead atoms. The summed E-state index contributed by atoms with van der Waals surface area (Å²) in [7, 11) is 0. The van der Waals surface area contributed by atoms with Crippen LogP contribution in [0.4, 0.5) is 0 Å². The van der Waals surface area contributed by atoms with Crippen molar-refractivity contribution in [1.29, 1.82) is 0 Å². The molecule has 21 heavy (non-hydrogen) atoms. The molecule has 1 fully saturated rings. The van der Waals surface area contributed by atoms with E-state index in [0.29, 0.717) is 25.2 Å². The summed E-state index contributed by atoms with van der Waals surface area (Å²) in [6.45, 7) is 2.40. The van der Waals surface area contributed by atoms with Gasteiger partial charge in [-0.25, -0.2) is 0 Å². The smallest absolute Gasteiger partial charge is 0.231 e. The molecule has 2 aliphatic rings. The fraction of sp³-hybridized carbons (Fsp3) is 0.625. The molecule has 0 spiro atoms. The summed E-state index contributed by atoms with van der Waals surface area (Å²) in [6, 6.07) is 4.11. The van der Waals surface area contributed by atoms with Gasteiger partial charge in [0.25, 0.3) is 0 Å². The fourth-order valence-electron chi connectivity index (χ4n) is 3.32. The Balaban J connectivity index is 1.54. The highest BCUT2D eigenvalue weighted by molar-refractivity contribution is 9.10. The minimum atomic E-state index is 0.297. The number of nitrogens with one attached hydrogen (secondary N) is 1. The first-order valence-corrected chi connectivity index (χ1v) is 8.47. The molecule has 0 saturated heterocycles. The lowest BCUT2D eigenvalue weighted by Crippen LogP contribution is -2.32. The van der Waals surface area contributed by atoms with E-state index >= 15 is 0 Å². The third-order valence-electron chi connectivity index (χ3n) is 4.52. The van der Waals surface area contributed by atoms with Gasteiger partial charge in [0.05, 0.1) is 4.47 Å². The highest BCUT2D eigenvalue weighted by Gasteiger charge is 2.24. The van der Waals surface area contributed by atoms with Crippen LogP contribution in [0.3, 0.4) is 0 Å². The monoisotopic (exact) mass is 355 g/mol. The van der Waals surface area contributed by atoms with Crippen LogP contribution in [0.1, 0.15) is 31.2 Å². The third kappa shape index (κ3) is 3.52. The molecule has 2 atom stereocenters. The number of aliphatic hydroxyl groups is 1. The molecule has 4 nitrogen and oxygen atoms in total. The van der Waals surface area contributed by atoms with Gasteiger partial charge in [-0.3, -0.25) is 0 Å². The quantitative estimate of drug-likeness (QED) is 0.852. The molecule has 1 aliphatic carbocycles. The topological polar surface area (TPSA) is 50.7 Å². The SMILES string of the molecule is OCC1CCCCC1CNCc1cc(Br)c2c(c1)OCO2. The molecule has 0 radical (unpaired) electrons. The Bertz CT molecular complexity index is 495. The summed E-state index contributed by atoms with van der Waals surface area (Å²) in [4.78, 5) is 0. The number of hydrogen-bond donors (Lipinski definition) is 2. The molecule has 1 heterocycles. The van der Waals surface area contributed by atoms with Gasteiger partial charge in [0.2, 0.25) is 6.79 Å². The first-order valence-electron chi connectivity index (χ1n) is 7.67. The van der Waals surface area contributed by atoms with Gasteiger partial charge in [0.1, 0.15) is 0 Å². The van der Waals surface area contributed by atoms with Crippen molar-refractivity contribution < 1.29 is 14.6 Å². The normalized spacial score (nSPS) is 24.3. The second-order valence-electron chi connectivity index (χ2n) is 5.93. The van der Waals surface area contributed by atoms with Gasteiger partial charge >= 0.3 is 0 Å². The Labute approximate surface area is 134 Å². The Kier molecular flexibility index (Phi) is 5.03. The van der Waals surface area contributed by atoms with E-state index in [2.05, 4.69) is 27.3 Å². The van der Waals surface area contributed by atoms with Crippen molar-refractivity contribution in [2.45, 2.75) is 32.2 Å². The molecular formula is C16H22BrNO3. The fourth-order valence-corrected chi connectivity index (χ4v) is 3.92. The Morgan fingerprint density at radius 1 is 1.19 bits per heavy atom. The van der Waals surface area contributed by atoms with Crippen molar-refractivity contribution in [1.82, 2.24) is 5.32 Å². The Hall–Kier alpha value is -0.780. The second-order valence-corrected chi connectivity index (χ2v) is 6.78. The van der Waals surface area contributed by atoms with Crippen LogP contribution in [0, 0.1) is 11.8 Å². The van der Waals surface area contributed by atoms with E-state index in [4.69, 9.17) is 9.47 Å². The maximum atomic E-state index is 9.46. The zero-order chi connectivity index (χ0) is 14.7. The highest BCUT2D eigenvalue weighted by atomic mass is 79.9. The van der Waals surface area contributed by atoms with E-state index in [1.54, 1.807) is 0 Å². The van der Waals surface area contributed by atoms with Crippen LogP contribution in [-0.2, 0) is 6.54 Å². The van der Waals surface area contributed by atoms with Gasteiger partial charge in [-0.1, -0.05) is 12.8 Å². The summed E-state index contributed by atoms with van der Waals surface area (Å²) >= 11 is 3.52. The lowest BCUT2D eigenvalue weighted by Gasteiger charge is -2.30. The molecular weight excluding hydrogens is 334 g/mol. The zero-order valence-electron chi connectivity index (χ0n) is 12.1. The number of ether oxygens (including phenoxy) is 2. The lowest BCUT2D eigenvalue weighted by atomic mass is 9.79. The first kappa shape index (κ1) is 15.1. The average Bonchev–Trinajstić information content (AvgIpc) is 2.97. The molecule has 1 saturated carbocycles.